The van der Waals surface area contributed by atoms with Crippen molar-refractivity contribution in [3.8, 4) is 0 Å². The van der Waals surface area contributed by atoms with E-state index < -0.39 is 14.5 Å². The number of halogens is 2. The molecule has 312 valence electrons. The van der Waals surface area contributed by atoms with Crippen molar-refractivity contribution in [3.63, 3.8) is 0 Å². The van der Waals surface area contributed by atoms with Crippen LogP contribution >= 0.6 is 14.5 Å². The highest BCUT2D eigenvalue weighted by Gasteiger charge is 2.58. The van der Waals surface area contributed by atoms with Crippen molar-refractivity contribution in [1.29, 1.82) is 0 Å². The van der Waals surface area contributed by atoms with E-state index in [9.17, 15) is 4.79 Å². The van der Waals surface area contributed by atoms with Crippen molar-refractivity contribution in [2.24, 2.45) is 0 Å². The molecule has 1 nitrogen and oxygen atoms in total. The highest BCUT2D eigenvalue weighted by molar-refractivity contribution is 7.77. The number of hydrogen-bond acceptors (Lipinski definition) is 1. The molecule has 0 saturated heterocycles. The van der Waals surface area contributed by atoms with Gasteiger partial charge in [0.25, 0.3) is 0 Å². The van der Waals surface area contributed by atoms with Crippen LogP contribution in [0.1, 0.15) is 220 Å². The average Bonchev–Trinajstić information content (AvgIpc) is 3.27. The van der Waals surface area contributed by atoms with Crippen LogP contribution in [0.5, 0.6) is 0 Å². The summed E-state index contributed by atoms with van der Waals surface area (Å²) in [6.07, 6.45) is 47.4. The van der Waals surface area contributed by atoms with Gasteiger partial charge in [0.15, 0.2) is 5.78 Å². The monoisotopic (exact) mass is 926 g/mol. The lowest BCUT2D eigenvalue weighted by Crippen LogP contribution is -3.00. The fraction of sp³-hybridized carbons (Fsp3) is 0.745. The second-order valence-electron chi connectivity index (χ2n) is 19.8. The minimum Gasteiger partial charge on any atom is -1.00 e. The summed E-state index contributed by atoms with van der Waals surface area (Å²) in [5, 5.41) is 0. The summed E-state index contributed by atoms with van der Waals surface area (Å²) >= 11 is 0. The lowest BCUT2D eigenvalue weighted by molar-refractivity contribution is -0.00100. The molecule has 5 heteroatoms. The van der Waals surface area contributed by atoms with Gasteiger partial charge in [-0.15, -0.1) is 0 Å². The number of benzene rings is 2. The smallest absolute Gasteiger partial charge is 0.193 e. The zero-order valence-electron chi connectivity index (χ0n) is 35.3. The molecule has 0 unspecified atom stereocenters. The Bertz CT molecular complexity index is 1240. The fourth-order valence-electron chi connectivity index (χ4n) is 14.3. The van der Waals surface area contributed by atoms with E-state index in [1.165, 1.54) is 205 Å². The Kier molecular flexibility index (Phi) is 18.0. The second-order valence-corrected chi connectivity index (χ2v) is 28.8. The molecule has 2 aromatic carbocycles. The Morgan fingerprint density at radius 1 is 0.339 bits per heavy atom. The molecule has 0 bridgehead atoms. The lowest BCUT2D eigenvalue weighted by atomic mass is 9.98. The van der Waals surface area contributed by atoms with E-state index in [1.807, 2.05) is 0 Å². The topological polar surface area (TPSA) is 17.1 Å². The van der Waals surface area contributed by atoms with Crippen LogP contribution in [0.4, 0.5) is 0 Å². The normalized spacial score (nSPS) is 23.6. The van der Waals surface area contributed by atoms with E-state index in [1.54, 1.807) is 11.1 Å². The second kappa shape index (κ2) is 22.1. The third kappa shape index (κ3) is 10.2. The predicted octanol–water partition coefficient (Wildman–Crippen LogP) is 9.96. The molecule has 0 atom stereocenters. The van der Waals surface area contributed by atoms with Crippen LogP contribution in [0.25, 0.3) is 0 Å². The van der Waals surface area contributed by atoms with Gasteiger partial charge in [-0.05, 0) is 165 Å². The highest BCUT2D eigenvalue weighted by Crippen LogP contribution is 2.80. The van der Waals surface area contributed by atoms with Gasteiger partial charge >= 0.3 is 0 Å². The molecule has 0 N–H and O–H groups in total. The van der Waals surface area contributed by atoms with E-state index in [2.05, 4.69) is 48.5 Å². The Balaban J connectivity index is 0.00000266. The van der Waals surface area contributed by atoms with Crippen LogP contribution in [0.15, 0.2) is 48.5 Å². The standard InChI is InChI=1S/C51H78OP2.2BrH/c52-51(43-35-31-41(32-36-43)39-53(45-19-7-1-8-20-45,46-21-9-2-10-22-46)47-23-11-3-12-24-47)44-37-33-42(34-38-44)40-54(48-25-13-4-14-26-48,49-27-15-5-16-28-49)50-29-17-6-18-30-50;;/h31-38,45-50H,1-30,39-40H2;2*1H/q+2;;/p-2. The van der Waals surface area contributed by atoms with Gasteiger partial charge in [-0.3, -0.25) is 4.79 Å². The van der Waals surface area contributed by atoms with E-state index in [4.69, 9.17) is 0 Å². The van der Waals surface area contributed by atoms with Crippen LogP contribution in [0.3, 0.4) is 0 Å². The zero-order chi connectivity index (χ0) is 36.6. The Morgan fingerprint density at radius 3 is 0.732 bits per heavy atom. The minimum atomic E-state index is -1.18. The molecule has 6 aliphatic rings. The van der Waals surface area contributed by atoms with Crippen molar-refractivity contribution in [2.45, 2.75) is 239 Å². The molecule has 6 fully saturated rings. The van der Waals surface area contributed by atoms with Crippen LogP contribution < -0.4 is 34.0 Å². The first kappa shape index (κ1) is 45.5. The van der Waals surface area contributed by atoms with E-state index >= 15 is 0 Å². The summed E-state index contributed by atoms with van der Waals surface area (Å²) in [4.78, 5) is 14.1. The molecule has 6 aliphatic carbocycles. The van der Waals surface area contributed by atoms with Crippen LogP contribution in [0, 0.1) is 0 Å². The summed E-state index contributed by atoms with van der Waals surface area (Å²) in [6.45, 7) is 0. The lowest BCUT2D eigenvalue weighted by Gasteiger charge is -2.49. The van der Waals surface area contributed by atoms with Gasteiger partial charge in [0, 0.05) is 25.7 Å². The summed E-state index contributed by atoms with van der Waals surface area (Å²) in [5.41, 5.74) is 11.0. The van der Waals surface area contributed by atoms with Gasteiger partial charge in [-0.2, -0.15) is 0 Å². The fourth-order valence-corrected chi connectivity index (χ4v) is 29.0. The maximum absolute atomic E-state index is 14.1. The SMILES string of the molecule is O=C(c1ccc(C[P+](C2CCCCC2)(C2CCCCC2)C2CCCCC2)cc1)c1ccc(C[P+](C2CCCCC2)(C2CCCCC2)C2CCCCC2)cc1.[Br-].[Br-]. The van der Waals surface area contributed by atoms with Gasteiger partial charge in [0.1, 0.15) is 0 Å². The quantitative estimate of drug-likeness (QED) is 0.153. The first-order chi connectivity index (χ1) is 26.7. The number of hydrogen-bond donors (Lipinski definition) is 0. The number of ketones is 1. The largest absolute Gasteiger partial charge is 1.00 e. The Morgan fingerprint density at radius 2 is 0.536 bits per heavy atom. The predicted molar refractivity (Wildman–Crippen MR) is 239 cm³/mol. The van der Waals surface area contributed by atoms with Crippen molar-refractivity contribution < 1.29 is 38.8 Å². The van der Waals surface area contributed by atoms with Crippen LogP contribution in [0.2, 0.25) is 0 Å². The summed E-state index contributed by atoms with van der Waals surface area (Å²) < 4.78 is 0. The van der Waals surface area contributed by atoms with Gasteiger partial charge in [0.05, 0.1) is 46.3 Å². The van der Waals surface area contributed by atoms with Crippen molar-refractivity contribution >= 4 is 20.3 Å². The molecule has 0 aromatic heterocycles. The molecule has 2 aromatic rings. The molecule has 0 heterocycles. The van der Waals surface area contributed by atoms with E-state index in [-0.39, 0.29) is 39.7 Å². The Hall–Kier alpha value is -0.0700. The molecule has 8 rings (SSSR count). The van der Waals surface area contributed by atoms with E-state index in [0.717, 1.165) is 45.1 Å². The Labute approximate surface area is 366 Å². The minimum absolute atomic E-state index is 0. The van der Waals surface area contributed by atoms with Gasteiger partial charge in [0.2, 0.25) is 0 Å². The summed E-state index contributed by atoms with van der Waals surface area (Å²) in [7, 11) is -2.36. The summed E-state index contributed by atoms with van der Waals surface area (Å²) in [5.74, 6) is 0.230. The van der Waals surface area contributed by atoms with Gasteiger partial charge in [-0.1, -0.05) is 87.1 Å². The highest BCUT2D eigenvalue weighted by atomic mass is 79.9. The van der Waals surface area contributed by atoms with Gasteiger partial charge < -0.3 is 34.0 Å². The number of rotatable bonds is 12. The maximum Gasteiger partial charge on any atom is 0.193 e. The molecule has 0 amide bonds. The molecule has 6 saturated carbocycles. The molecule has 0 aliphatic heterocycles. The van der Waals surface area contributed by atoms with E-state index in [0.29, 0.717) is 0 Å². The van der Waals surface area contributed by atoms with Crippen molar-refractivity contribution in [1.82, 2.24) is 0 Å². The van der Waals surface area contributed by atoms with Crippen molar-refractivity contribution in [3.05, 3.63) is 70.8 Å². The van der Waals surface area contributed by atoms with Crippen LogP contribution in [-0.4, -0.2) is 39.7 Å². The molecule has 0 radical (unpaired) electrons. The number of carbonyl (C=O) groups excluding carboxylic acids is 1. The first-order valence-corrected chi connectivity index (χ1v) is 28.5. The summed E-state index contributed by atoms with van der Waals surface area (Å²) in [6, 6.07) is 18.6. The average molecular weight is 929 g/mol. The third-order valence-corrected chi connectivity index (χ3v) is 30.0. The third-order valence-electron chi connectivity index (χ3n) is 16.9. The number of carbonyl (C=O) groups is 1. The molecule has 0 spiro atoms. The zero-order valence-corrected chi connectivity index (χ0v) is 40.2. The molecular formula is C51H78Br2OP2. The van der Waals surface area contributed by atoms with Crippen molar-refractivity contribution in [2.75, 3.05) is 0 Å². The first-order valence-electron chi connectivity index (χ1n) is 24.1. The molecular weight excluding hydrogens is 850 g/mol. The van der Waals surface area contributed by atoms with Gasteiger partial charge in [-0.25, -0.2) is 0 Å². The van der Waals surface area contributed by atoms with Crippen LogP contribution in [-0.2, 0) is 12.3 Å². The maximum atomic E-state index is 14.1. The molecule has 56 heavy (non-hydrogen) atoms.